The number of aryl methyl sites for hydroxylation is 2. The van der Waals surface area contributed by atoms with E-state index < -0.39 is 10.0 Å². The highest BCUT2D eigenvalue weighted by molar-refractivity contribution is 7.89. The molecule has 2 rings (SSSR count). The summed E-state index contributed by atoms with van der Waals surface area (Å²) in [5.74, 6) is 0. The van der Waals surface area contributed by atoms with E-state index in [1.54, 1.807) is 20.9 Å². The van der Waals surface area contributed by atoms with Gasteiger partial charge in [-0.25, -0.2) is 0 Å². The number of aromatic nitrogens is 4. The molecule has 0 amide bonds. The SMILES string of the molecule is Cc1cnn(S(=O)(=O)c2cnn(C)c2C)c1. The fourth-order valence-electron chi connectivity index (χ4n) is 1.35. The van der Waals surface area contributed by atoms with Crippen molar-refractivity contribution < 1.29 is 8.42 Å². The lowest BCUT2D eigenvalue weighted by molar-refractivity contribution is 0.579. The molecule has 2 aromatic rings. The van der Waals surface area contributed by atoms with Crippen LogP contribution in [0, 0.1) is 13.8 Å². The molecule has 0 aromatic carbocycles. The summed E-state index contributed by atoms with van der Waals surface area (Å²) in [6.45, 7) is 3.49. The molecule has 0 saturated heterocycles. The normalized spacial score (nSPS) is 11.9. The summed E-state index contributed by atoms with van der Waals surface area (Å²) in [7, 11) is -1.91. The second-order valence-corrected chi connectivity index (χ2v) is 5.38. The molecule has 0 aliphatic heterocycles. The van der Waals surface area contributed by atoms with Crippen LogP contribution >= 0.6 is 0 Å². The zero-order chi connectivity index (χ0) is 11.9. The lowest BCUT2D eigenvalue weighted by Gasteiger charge is -2.02. The van der Waals surface area contributed by atoms with Crippen molar-refractivity contribution in [3.8, 4) is 0 Å². The van der Waals surface area contributed by atoms with Crippen LogP contribution in [0.2, 0.25) is 0 Å². The van der Waals surface area contributed by atoms with Crippen LogP contribution in [0.4, 0.5) is 0 Å². The maximum absolute atomic E-state index is 12.1. The van der Waals surface area contributed by atoms with E-state index in [0.29, 0.717) is 5.69 Å². The Bertz CT molecular complexity index is 624. The molecule has 6 nitrogen and oxygen atoms in total. The number of hydrogen-bond acceptors (Lipinski definition) is 4. The van der Waals surface area contributed by atoms with Crippen LogP contribution < -0.4 is 0 Å². The summed E-state index contributed by atoms with van der Waals surface area (Å²) in [4.78, 5) is 0.179. The molecule has 0 atom stereocenters. The summed E-state index contributed by atoms with van der Waals surface area (Å²) in [5, 5.41) is 7.72. The molecule has 0 spiro atoms. The van der Waals surface area contributed by atoms with E-state index in [2.05, 4.69) is 10.2 Å². The summed E-state index contributed by atoms with van der Waals surface area (Å²) in [6.07, 6.45) is 4.31. The standard InChI is InChI=1S/C9H12N4O2S/c1-7-4-11-13(6-7)16(14,15)9-5-10-12(3)8(9)2/h4-6H,1-3H3. The van der Waals surface area contributed by atoms with Crippen molar-refractivity contribution in [2.24, 2.45) is 7.05 Å². The third kappa shape index (κ3) is 1.53. The minimum atomic E-state index is -3.61. The highest BCUT2D eigenvalue weighted by atomic mass is 32.2. The molecule has 2 heterocycles. The predicted molar refractivity (Wildman–Crippen MR) is 57.5 cm³/mol. The Morgan fingerprint density at radius 1 is 1.19 bits per heavy atom. The molecule has 16 heavy (non-hydrogen) atoms. The van der Waals surface area contributed by atoms with E-state index in [4.69, 9.17) is 0 Å². The Labute approximate surface area is 93.6 Å². The zero-order valence-corrected chi connectivity index (χ0v) is 10.1. The third-order valence-corrected chi connectivity index (χ3v) is 4.05. The summed E-state index contributed by atoms with van der Waals surface area (Å²) < 4.78 is 26.7. The van der Waals surface area contributed by atoms with Gasteiger partial charge in [0, 0.05) is 13.2 Å². The van der Waals surface area contributed by atoms with Crippen molar-refractivity contribution >= 4 is 10.0 Å². The van der Waals surface area contributed by atoms with Crippen molar-refractivity contribution in [2.75, 3.05) is 0 Å². The topological polar surface area (TPSA) is 69.8 Å². The Morgan fingerprint density at radius 3 is 2.31 bits per heavy atom. The quantitative estimate of drug-likeness (QED) is 0.765. The molecule has 0 saturated carbocycles. The van der Waals surface area contributed by atoms with E-state index in [0.717, 1.165) is 9.65 Å². The van der Waals surface area contributed by atoms with Gasteiger partial charge in [-0.15, -0.1) is 0 Å². The van der Waals surface area contributed by atoms with Crippen molar-refractivity contribution in [1.29, 1.82) is 0 Å². The Hall–Kier alpha value is -1.63. The molecular formula is C9H12N4O2S. The smallest absolute Gasteiger partial charge is 0.272 e. The first-order chi connectivity index (χ1) is 7.43. The Kier molecular flexibility index (Phi) is 2.34. The highest BCUT2D eigenvalue weighted by Crippen LogP contribution is 2.16. The molecule has 0 N–H and O–H groups in total. The van der Waals surface area contributed by atoms with E-state index in [9.17, 15) is 8.42 Å². The molecule has 0 unspecified atom stereocenters. The Balaban J connectivity index is 2.60. The van der Waals surface area contributed by atoms with Gasteiger partial charge in [0.2, 0.25) is 0 Å². The predicted octanol–water partition coefficient (Wildman–Crippen LogP) is 0.470. The monoisotopic (exact) mass is 240 g/mol. The van der Waals surface area contributed by atoms with E-state index in [1.165, 1.54) is 23.3 Å². The van der Waals surface area contributed by atoms with E-state index >= 15 is 0 Å². The number of nitrogens with zero attached hydrogens (tertiary/aromatic N) is 4. The van der Waals surface area contributed by atoms with Crippen molar-refractivity contribution in [3.05, 3.63) is 29.8 Å². The first kappa shape index (κ1) is 10.9. The molecule has 2 aromatic heterocycles. The van der Waals surface area contributed by atoms with Gasteiger partial charge in [-0.3, -0.25) is 4.68 Å². The van der Waals surface area contributed by atoms with Gasteiger partial charge >= 0.3 is 0 Å². The van der Waals surface area contributed by atoms with E-state index in [-0.39, 0.29) is 4.90 Å². The lowest BCUT2D eigenvalue weighted by Crippen LogP contribution is -2.14. The number of hydrogen-bond donors (Lipinski definition) is 0. The largest absolute Gasteiger partial charge is 0.286 e. The van der Waals surface area contributed by atoms with Crippen LogP contribution in [0.5, 0.6) is 0 Å². The van der Waals surface area contributed by atoms with Gasteiger partial charge in [-0.05, 0) is 19.4 Å². The molecule has 0 bridgehead atoms. The second kappa shape index (κ2) is 3.44. The zero-order valence-electron chi connectivity index (χ0n) is 9.25. The minimum Gasteiger partial charge on any atom is -0.272 e. The molecular weight excluding hydrogens is 228 g/mol. The fourth-order valence-corrected chi connectivity index (χ4v) is 2.72. The summed E-state index contributed by atoms with van der Waals surface area (Å²) in [6, 6.07) is 0. The maximum Gasteiger partial charge on any atom is 0.286 e. The Morgan fingerprint density at radius 2 is 1.88 bits per heavy atom. The van der Waals surface area contributed by atoms with Gasteiger partial charge in [-0.2, -0.15) is 22.7 Å². The summed E-state index contributed by atoms with van der Waals surface area (Å²) >= 11 is 0. The fraction of sp³-hybridized carbons (Fsp3) is 0.333. The van der Waals surface area contributed by atoms with Crippen molar-refractivity contribution in [2.45, 2.75) is 18.7 Å². The highest BCUT2D eigenvalue weighted by Gasteiger charge is 2.22. The van der Waals surface area contributed by atoms with Gasteiger partial charge < -0.3 is 0 Å². The third-order valence-electron chi connectivity index (χ3n) is 2.40. The lowest BCUT2D eigenvalue weighted by atomic mass is 10.4. The van der Waals surface area contributed by atoms with Gasteiger partial charge in [0.25, 0.3) is 10.0 Å². The van der Waals surface area contributed by atoms with Crippen LogP contribution in [-0.4, -0.2) is 27.4 Å². The first-order valence-electron chi connectivity index (χ1n) is 4.68. The number of rotatable bonds is 2. The van der Waals surface area contributed by atoms with Crippen LogP contribution in [0.3, 0.4) is 0 Å². The first-order valence-corrected chi connectivity index (χ1v) is 6.12. The minimum absolute atomic E-state index is 0.179. The van der Waals surface area contributed by atoms with Crippen LogP contribution in [0.15, 0.2) is 23.5 Å². The van der Waals surface area contributed by atoms with Crippen LogP contribution in [-0.2, 0) is 17.1 Å². The van der Waals surface area contributed by atoms with Crippen molar-refractivity contribution in [3.63, 3.8) is 0 Å². The van der Waals surface area contributed by atoms with Crippen LogP contribution in [0.25, 0.3) is 0 Å². The van der Waals surface area contributed by atoms with Crippen molar-refractivity contribution in [1.82, 2.24) is 19.0 Å². The van der Waals surface area contributed by atoms with Crippen LogP contribution in [0.1, 0.15) is 11.3 Å². The van der Waals surface area contributed by atoms with Gasteiger partial charge in [-0.1, -0.05) is 0 Å². The molecule has 0 radical (unpaired) electrons. The van der Waals surface area contributed by atoms with Gasteiger partial charge in [0.1, 0.15) is 4.90 Å². The average Bonchev–Trinajstić information content (AvgIpc) is 2.76. The molecule has 0 aliphatic rings. The average molecular weight is 240 g/mol. The molecule has 0 aliphatic carbocycles. The maximum atomic E-state index is 12.1. The second-order valence-electron chi connectivity index (χ2n) is 3.61. The molecule has 0 fully saturated rings. The molecule has 7 heteroatoms. The van der Waals surface area contributed by atoms with E-state index in [1.807, 2.05) is 0 Å². The molecule has 86 valence electrons. The van der Waals surface area contributed by atoms with Gasteiger partial charge in [0.15, 0.2) is 0 Å². The van der Waals surface area contributed by atoms with Gasteiger partial charge in [0.05, 0.1) is 18.1 Å². The summed E-state index contributed by atoms with van der Waals surface area (Å²) in [5.41, 5.74) is 1.39.